The summed E-state index contributed by atoms with van der Waals surface area (Å²) in [7, 11) is 0. The van der Waals surface area contributed by atoms with E-state index in [1.54, 1.807) is 6.07 Å². The summed E-state index contributed by atoms with van der Waals surface area (Å²) in [5.41, 5.74) is 4.61. The molecule has 0 aliphatic heterocycles. The molecule has 0 atom stereocenters. The molecule has 2 heterocycles. The maximum atomic E-state index is 13.4. The number of aromatic amines is 1. The van der Waals surface area contributed by atoms with Crippen LogP contribution in [0.2, 0.25) is 5.02 Å². The summed E-state index contributed by atoms with van der Waals surface area (Å²) in [5.74, 6) is 0.166. The highest BCUT2D eigenvalue weighted by molar-refractivity contribution is 6.31. The summed E-state index contributed by atoms with van der Waals surface area (Å²) in [6.07, 6.45) is 1.48. The monoisotopic (exact) mass is 409 g/mol. The minimum absolute atomic E-state index is 0.0575. The molecule has 0 fully saturated rings. The topological polar surface area (TPSA) is 65.6 Å². The number of halogens is 2. The molecule has 148 valence electrons. The minimum atomic E-state index is -0.457. The van der Waals surface area contributed by atoms with Crippen molar-refractivity contribution in [1.29, 1.82) is 0 Å². The maximum absolute atomic E-state index is 13.4. The lowest BCUT2D eigenvalue weighted by Crippen LogP contribution is -2.21. The van der Waals surface area contributed by atoms with Gasteiger partial charge in [0.25, 0.3) is 0 Å². The van der Waals surface area contributed by atoms with Crippen LogP contribution in [0.3, 0.4) is 0 Å². The molecule has 5 nitrogen and oxygen atoms in total. The van der Waals surface area contributed by atoms with Crippen LogP contribution < -0.4 is 10.6 Å². The Balaban J connectivity index is 1.61. The number of fused-ring (bicyclic) bond motifs is 1. The van der Waals surface area contributed by atoms with Crippen molar-refractivity contribution in [3.8, 4) is 11.3 Å². The van der Waals surface area contributed by atoms with Gasteiger partial charge in [-0.1, -0.05) is 49.7 Å². The molecule has 2 aromatic heterocycles. The van der Waals surface area contributed by atoms with E-state index in [-0.39, 0.29) is 5.02 Å². The van der Waals surface area contributed by atoms with Crippen LogP contribution in [0.1, 0.15) is 19.4 Å². The van der Waals surface area contributed by atoms with E-state index in [9.17, 15) is 4.39 Å². The van der Waals surface area contributed by atoms with Crippen LogP contribution in [0, 0.1) is 5.82 Å². The Hall–Kier alpha value is -2.96. The Labute approximate surface area is 173 Å². The van der Waals surface area contributed by atoms with E-state index in [1.165, 1.54) is 24.0 Å². The van der Waals surface area contributed by atoms with Crippen LogP contribution in [-0.4, -0.2) is 21.0 Å². The highest BCUT2D eigenvalue weighted by Gasteiger charge is 2.11. The van der Waals surface area contributed by atoms with Crippen LogP contribution in [0.5, 0.6) is 0 Å². The lowest BCUT2D eigenvalue weighted by atomic mass is 10.1. The van der Waals surface area contributed by atoms with Gasteiger partial charge in [0.05, 0.1) is 10.4 Å². The van der Waals surface area contributed by atoms with Crippen molar-refractivity contribution in [3.63, 3.8) is 0 Å². The number of hydrogen-bond acceptors (Lipinski definition) is 4. The normalized spacial score (nSPS) is 11.3. The number of benzene rings is 2. The summed E-state index contributed by atoms with van der Waals surface area (Å²) in [4.78, 5) is 12.0. The van der Waals surface area contributed by atoms with Gasteiger partial charge in [0.2, 0.25) is 0 Å². The lowest BCUT2D eigenvalue weighted by Gasteiger charge is -2.08. The van der Waals surface area contributed by atoms with Crippen LogP contribution in [-0.2, 0) is 6.54 Å². The number of anilines is 2. The fraction of sp³-hybridized carbons (Fsp3) is 0.182. The van der Waals surface area contributed by atoms with Gasteiger partial charge in [0.1, 0.15) is 23.6 Å². The fourth-order valence-corrected chi connectivity index (χ4v) is 3.21. The minimum Gasteiger partial charge on any atom is -0.340 e. The summed E-state index contributed by atoms with van der Waals surface area (Å²) in [6, 6.07) is 15.3. The van der Waals surface area contributed by atoms with Gasteiger partial charge in [-0.15, -0.1) is 0 Å². The third-order valence-corrected chi connectivity index (χ3v) is 4.88. The maximum Gasteiger partial charge on any atom is 0.143 e. The van der Waals surface area contributed by atoms with Crippen LogP contribution in [0.25, 0.3) is 22.3 Å². The lowest BCUT2D eigenvalue weighted by molar-refractivity contribution is 0.589. The van der Waals surface area contributed by atoms with Gasteiger partial charge in [-0.05, 0) is 35.4 Å². The van der Waals surface area contributed by atoms with E-state index < -0.39 is 5.82 Å². The highest BCUT2D eigenvalue weighted by Crippen LogP contribution is 2.29. The first-order chi connectivity index (χ1) is 14.0. The standard InChI is InChI=1S/C22H21ClFN5/c1-13(2)25-11-14-3-5-15(6-4-14)20-10-17-21(26-12-27-22(17)29-20)28-16-7-8-19(24)18(23)9-16/h3-10,12-13,25H,11H2,1-2H3,(H2,26,27,28,29). The molecule has 0 unspecified atom stereocenters. The molecule has 0 saturated carbocycles. The van der Waals surface area contributed by atoms with Gasteiger partial charge in [0.15, 0.2) is 0 Å². The molecule has 0 aliphatic carbocycles. The molecule has 4 aromatic rings. The van der Waals surface area contributed by atoms with E-state index in [0.717, 1.165) is 28.8 Å². The molecule has 0 radical (unpaired) electrons. The van der Waals surface area contributed by atoms with Crippen molar-refractivity contribution < 1.29 is 4.39 Å². The second-order valence-corrected chi connectivity index (χ2v) is 7.56. The van der Waals surface area contributed by atoms with Crippen molar-refractivity contribution in [2.75, 3.05) is 5.32 Å². The van der Waals surface area contributed by atoms with Gasteiger partial charge in [-0.2, -0.15) is 0 Å². The molecule has 0 amide bonds. The number of nitrogens with zero attached hydrogens (tertiary/aromatic N) is 2. The number of nitrogens with one attached hydrogen (secondary N) is 3. The third-order valence-electron chi connectivity index (χ3n) is 4.59. The Morgan fingerprint density at radius 2 is 1.86 bits per heavy atom. The summed E-state index contributed by atoms with van der Waals surface area (Å²) in [5, 5.41) is 7.50. The van der Waals surface area contributed by atoms with Crippen LogP contribution in [0.4, 0.5) is 15.9 Å². The summed E-state index contributed by atoms with van der Waals surface area (Å²) >= 11 is 5.88. The molecular formula is C22H21ClFN5. The van der Waals surface area contributed by atoms with E-state index in [2.05, 4.69) is 63.7 Å². The van der Waals surface area contributed by atoms with E-state index in [4.69, 9.17) is 11.6 Å². The van der Waals surface area contributed by atoms with Gasteiger partial charge in [0, 0.05) is 24.0 Å². The third kappa shape index (κ3) is 4.39. The Morgan fingerprint density at radius 1 is 1.07 bits per heavy atom. The van der Waals surface area contributed by atoms with E-state index in [0.29, 0.717) is 17.5 Å². The molecule has 0 spiro atoms. The first-order valence-corrected chi connectivity index (χ1v) is 9.76. The molecule has 7 heteroatoms. The zero-order chi connectivity index (χ0) is 20.4. The smallest absolute Gasteiger partial charge is 0.143 e. The number of rotatable bonds is 6. The fourth-order valence-electron chi connectivity index (χ4n) is 3.03. The molecular weight excluding hydrogens is 389 g/mol. The number of aromatic nitrogens is 3. The van der Waals surface area contributed by atoms with Crippen molar-refractivity contribution in [2.24, 2.45) is 0 Å². The Bertz CT molecular complexity index is 1140. The molecule has 3 N–H and O–H groups in total. The first-order valence-electron chi connectivity index (χ1n) is 9.38. The number of H-pyrrole nitrogens is 1. The predicted molar refractivity (Wildman–Crippen MR) is 116 cm³/mol. The molecule has 2 aromatic carbocycles. The quantitative estimate of drug-likeness (QED) is 0.384. The molecule has 0 bridgehead atoms. The Morgan fingerprint density at radius 3 is 2.59 bits per heavy atom. The SMILES string of the molecule is CC(C)NCc1ccc(-c2cc3c(Nc4ccc(F)c(Cl)c4)ncnc3[nH]2)cc1. The van der Waals surface area contributed by atoms with Gasteiger partial charge in [-0.25, -0.2) is 14.4 Å². The van der Waals surface area contributed by atoms with E-state index in [1.807, 2.05) is 6.07 Å². The van der Waals surface area contributed by atoms with Crippen molar-refractivity contribution in [1.82, 2.24) is 20.3 Å². The van der Waals surface area contributed by atoms with Gasteiger partial charge in [-0.3, -0.25) is 0 Å². The average Bonchev–Trinajstić information content (AvgIpc) is 3.15. The summed E-state index contributed by atoms with van der Waals surface area (Å²) in [6.45, 7) is 5.10. The molecule has 0 aliphatic rings. The zero-order valence-corrected chi connectivity index (χ0v) is 16.9. The molecule has 0 saturated heterocycles. The van der Waals surface area contributed by atoms with E-state index >= 15 is 0 Å². The van der Waals surface area contributed by atoms with Crippen LogP contribution >= 0.6 is 11.6 Å². The highest BCUT2D eigenvalue weighted by atomic mass is 35.5. The first kappa shape index (κ1) is 19.4. The molecule has 29 heavy (non-hydrogen) atoms. The largest absolute Gasteiger partial charge is 0.340 e. The van der Waals surface area contributed by atoms with Crippen LogP contribution in [0.15, 0.2) is 54.9 Å². The summed E-state index contributed by atoms with van der Waals surface area (Å²) < 4.78 is 13.4. The average molecular weight is 410 g/mol. The van der Waals surface area contributed by atoms with Gasteiger partial charge >= 0.3 is 0 Å². The second kappa shape index (κ2) is 8.19. The zero-order valence-electron chi connectivity index (χ0n) is 16.1. The predicted octanol–water partition coefficient (Wildman–Crippen LogP) is 5.66. The second-order valence-electron chi connectivity index (χ2n) is 7.15. The van der Waals surface area contributed by atoms with Crippen molar-refractivity contribution >= 4 is 34.1 Å². The number of hydrogen-bond donors (Lipinski definition) is 3. The van der Waals surface area contributed by atoms with Crippen molar-refractivity contribution in [3.05, 3.63) is 71.3 Å². The molecule has 4 rings (SSSR count). The van der Waals surface area contributed by atoms with Gasteiger partial charge < -0.3 is 15.6 Å². The van der Waals surface area contributed by atoms with Crippen molar-refractivity contribution in [2.45, 2.75) is 26.4 Å². The Kier molecular flexibility index (Phi) is 5.47.